The number of hydrogen-bond donors (Lipinski definition) is 1. The van der Waals surface area contributed by atoms with Crippen LogP contribution in [0.1, 0.15) is 19.4 Å². The summed E-state index contributed by atoms with van der Waals surface area (Å²) < 4.78 is 11.2. The minimum Gasteiger partial charge on any atom is -0.494 e. The lowest BCUT2D eigenvalue weighted by atomic mass is 10.1. The molecule has 2 unspecified atom stereocenters. The Hall–Kier alpha value is -1.10. The van der Waals surface area contributed by atoms with Crippen molar-refractivity contribution >= 4 is 0 Å². The Bertz CT molecular complexity index is 397. The van der Waals surface area contributed by atoms with E-state index in [4.69, 9.17) is 9.47 Å². The molecule has 0 aromatic heterocycles. The van der Waals surface area contributed by atoms with E-state index in [1.165, 1.54) is 5.56 Å². The fourth-order valence-corrected chi connectivity index (χ4v) is 2.36. The molecule has 0 saturated carbocycles. The van der Waals surface area contributed by atoms with Gasteiger partial charge in [0.25, 0.3) is 0 Å². The third kappa shape index (κ3) is 3.69. The summed E-state index contributed by atoms with van der Waals surface area (Å²) in [6, 6.07) is 8.49. The van der Waals surface area contributed by atoms with E-state index in [1.54, 1.807) is 0 Å². The maximum Gasteiger partial charge on any atom is 0.123 e. The van der Waals surface area contributed by atoms with Gasteiger partial charge in [0.15, 0.2) is 0 Å². The quantitative estimate of drug-likeness (QED) is 0.879. The lowest BCUT2D eigenvalue weighted by Gasteiger charge is -2.37. The third-order valence-electron chi connectivity index (χ3n) is 3.48. The summed E-state index contributed by atoms with van der Waals surface area (Å²) in [4.78, 5) is 2.34. The molecule has 0 spiro atoms. The second-order valence-corrected chi connectivity index (χ2v) is 4.96. The third-order valence-corrected chi connectivity index (χ3v) is 3.48. The van der Waals surface area contributed by atoms with Gasteiger partial charge >= 0.3 is 0 Å². The van der Waals surface area contributed by atoms with E-state index in [-0.39, 0.29) is 12.7 Å². The van der Waals surface area contributed by atoms with Crippen molar-refractivity contribution < 1.29 is 14.6 Å². The molecule has 1 aromatic carbocycles. The van der Waals surface area contributed by atoms with Crippen molar-refractivity contribution in [1.29, 1.82) is 0 Å². The summed E-state index contributed by atoms with van der Waals surface area (Å²) in [6.07, 6.45) is -0.0737. The van der Waals surface area contributed by atoms with Crippen LogP contribution in [-0.2, 0) is 11.3 Å². The number of hydrogen-bond acceptors (Lipinski definition) is 4. The van der Waals surface area contributed by atoms with Gasteiger partial charge in [-0.05, 0) is 19.9 Å². The molecule has 0 amide bonds. The highest BCUT2D eigenvalue weighted by molar-refractivity contribution is 5.33. The minimum atomic E-state index is -0.0737. The fraction of sp³-hybridized carbons (Fsp3) is 0.600. The van der Waals surface area contributed by atoms with E-state index < -0.39 is 0 Å². The molecule has 19 heavy (non-hydrogen) atoms. The maximum atomic E-state index is 9.22. The molecule has 1 heterocycles. The van der Waals surface area contributed by atoms with E-state index in [1.807, 2.05) is 25.1 Å². The Morgan fingerprint density at radius 2 is 2.21 bits per heavy atom. The molecule has 4 nitrogen and oxygen atoms in total. The highest BCUT2D eigenvalue weighted by Gasteiger charge is 2.26. The summed E-state index contributed by atoms with van der Waals surface area (Å²) in [5, 5.41) is 9.22. The second-order valence-electron chi connectivity index (χ2n) is 4.96. The fourth-order valence-electron chi connectivity index (χ4n) is 2.36. The van der Waals surface area contributed by atoms with E-state index in [0.29, 0.717) is 19.3 Å². The zero-order valence-electron chi connectivity index (χ0n) is 11.7. The summed E-state index contributed by atoms with van der Waals surface area (Å²) in [5.41, 5.74) is 1.19. The van der Waals surface area contributed by atoms with Gasteiger partial charge in [0.2, 0.25) is 0 Å². The van der Waals surface area contributed by atoms with Crippen molar-refractivity contribution in [2.45, 2.75) is 32.5 Å². The molecule has 1 N–H and O–H groups in total. The first-order chi connectivity index (χ1) is 9.24. The number of ether oxygens (including phenoxy) is 2. The van der Waals surface area contributed by atoms with Crippen LogP contribution in [0.3, 0.4) is 0 Å². The van der Waals surface area contributed by atoms with Gasteiger partial charge in [-0.1, -0.05) is 18.2 Å². The van der Waals surface area contributed by atoms with Crippen molar-refractivity contribution in [2.75, 3.05) is 26.4 Å². The Balaban J connectivity index is 2.06. The van der Waals surface area contributed by atoms with Crippen LogP contribution in [0.5, 0.6) is 5.75 Å². The zero-order chi connectivity index (χ0) is 13.7. The Kier molecular flexibility index (Phi) is 5.19. The van der Waals surface area contributed by atoms with Crippen LogP contribution >= 0.6 is 0 Å². The van der Waals surface area contributed by atoms with Gasteiger partial charge in [-0.15, -0.1) is 0 Å². The van der Waals surface area contributed by atoms with Crippen LogP contribution < -0.4 is 4.74 Å². The summed E-state index contributed by atoms with van der Waals surface area (Å²) in [7, 11) is 0. The lowest BCUT2D eigenvalue weighted by molar-refractivity contribution is -0.0807. The van der Waals surface area contributed by atoms with E-state index in [9.17, 15) is 5.11 Å². The van der Waals surface area contributed by atoms with Gasteiger partial charge in [-0.3, -0.25) is 4.90 Å². The van der Waals surface area contributed by atoms with E-state index >= 15 is 0 Å². The molecule has 0 radical (unpaired) electrons. The highest BCUT2D eigenvalue weighted by atomic mass is 16.5. The van der Waals surface area contributed by atoms with Gasteiger partial charge in [0.1, 0.15) is 5.75 Å². The van der Waals surface area contributed by atoms with Gasteiger partial charge in [-0.25, -0.2) is 0 Å². The zero-order valence-corrected chi connectivity index (χ0v) is 11.7. The van der Waals surface area contributed by atoms with Gasteiger partial charge in [0.05, 0.1) is 25.9 Å². The molecule has 1 aromatic rings. The molecule has 4 heteroatoms. The predicted molar refractivity (Wildman–Crippen MR) is 74.3 cm³/mol. The van der Waals surface area contributed by atoms with Gasteiger partial charge < -0.3 is 14.6 Å². The molecule has 2 atom stereocenters. The standard InChI is InChI=1S/C15H23NO3/c1-3-18-15-7-5-4-6-13(15)8-16-9-14(10-17)19-11-12(16)2/h4-7,12,14,17H,3,8-11H2,1-2H3. The average molecular weight is 265 g/mol. The number of benzene rings is 1. The van der Waals surface area contributed by atoms with E-state index in [2.05, 4.69) is 17.9 Å². The number of rotatable bonds is 5. The first kappa shape index (κ1) is 14.3. The second kappa shape index (κ2) is 6.89. The molecular formula is C15H23NO3. The number of morpholine rings is 1. The first-order valence-electron chi connectivity index (χ1n) is 6.91. The summed E-state index contributed by atoms with van der Waals surface area (Å²) >= 11 is 0. The molecule has 1 aliphatic heterocycles. The van der Waals surface area contributed by atoms with Crippen LogP contribution in [-0.4, -0.2) is 48.5 Å². The first-order valence-corrected chi connectivity index (χ1v) is 6.91. The molecular weight excluding hydrogens is 242 g/mol. The number of para-hydroxylation sites is 1. The molecule has 2 rings (SSSR count). The molecule has 106 valence electrons. The Morgan fingerprint density at radius 3 is 2.95 bits per heavy atom. The highest BCUT2D eigenvalue weighted by Crippen LogP contribution is 2.22. The van der Waals surface area contributed by atoms with Crippen LogP contribution in [0, 0.1) is 0 Å². The smallest absolute Gasteiger partial charge is 0.123 e. The van der Waals surface area contributed by atoms with Crippen molar-refractivity contribution in [2.24, 2.45) is 0 Å². The Morgan fingerprint density at radius 1 is 1.42 bits per heavy atom. The van der Waals surface area contributed by atoms with Crippen LogP contribution in [0.15, 0.2) is 24.3 Å². The van der Waals surface area contributed by atoms with Crippen molar-refractivity contribution in [3.63, 3.8) is 0 Å². The predicted octanol–water partition coefficient (Wildman–Crippen LogP) is 1.67. The minimum absolute atomic E-state index is 0.0737. The molecule has 0 aliphatic carbocycles. The molecule has 1 fully saturated rings. The average Bonchev–Trinajstić information content (AvgIpc) is 2.43. The number of aliphatic hydroxyl groups is 1. The number of aliphatic hydroxyl groups excluding tert-OH is 1. The van der Waals surface area contributed by atoms with Crippen LogP contribution in [0.2, 0.25) is 0 Å². The lowest BCUT2D eigenvalue weighted by Crippen LogP contribution is -2.48. The van der Waals surface area contributed by atoms with Crippen LogP contribution in [0.25, 0.3) is 0 Å². The SMILES string of the molecule is CCOc1ccccc1CN1CC(CO)OCC1C. The summed E-state index contributed by atoms with van der Waals surface area (Å²) in [6.45, 7) is 7.16. The van der Waals surface area contributed by atoms with Crippen molar-refractivity contribution in [1.82, 2.24) is 4.90 Å². The molecule has 0 bridgehead atoms. The summed E-state index contributed by atoms with van der Waals surface area (Å²) in [5.74, 6) is 0.948. The van der Waals surface area contributed by atoms with Gasteiger partial charge in [-0.2, -0.15) is 0 Å². The largest absolute Gasteiger partial charge is 0.494 e. The van der Waals surface area contributed by atoms with E-state index in [0.717, 1.165) is 18.8 Å². The van der Waals surface area contributed by atoms with Crippen molar-refractivity contribution in [3.05, 3.63) is 29.8 Å². The van der Waals surface area contributed by atoms with Gasteiger partial charge in [0, 0.05) is 24.7 Å². The Labute approximate surface area is 114 Å². The number of nitrogens with zero attached hydrogens (tertiary/aromatic N) is 1. The normalized spacial score (nSPS) is 24.4. The monoisotopic (exact) mass is 265 g/mol. The van der Waals surface area contributed by atoms with Crippen molar-refractivity contribution in [3.8, 4) is 5.75 Å². The molecule has 1 aliphatic rings. The maximum absolute atomic E-state index is 9.22. The topological polar surface area (TPSA) is 41.9 Å². The van der Waals surface area contributed by atoms with Crippen LogP contribution in [0.4, 0.5) is 0 Å². The molecule has 1 saturated heterocycles.